The molecule has 5 heteroatoms. The highest BCUT2D eigenvalue weighted by atomic mass is 19.4. The maximum Gasteiger partial charge on any atom is 0.573 e. The summed E-state index contributed by atoms with van der Waals surface area (Å²) >= 11 is 0. The predicted octanol–water partition coefficient (Wildman–Crippen LogP) is 3.30. The van der Waals surface area contributed by atoms with Gasteiger partial charge in [0.25, 0.3) is 0 Å². The lowest BCUT2D eigenvalue weighted by atomic mass is 9.94. The minimum atomic E-state index is -4.63. The summed E-state index contributed by atoms with van der Waals surface area (Å²) in [5, 5.41) is 3.10. The van der Waals surface area contributed by atoms with Gasteiger partial charge in [-0.3, -0.25) is 0 Å². The van der Waals surface area contributed by atoms with E-state index < -0.39 is 6.36 Å². The monoisotopic (exact) mass is 247 g/mol. The van der Waals surface area contributed by atoms with Crippen LogP contribution in [0.2, 0.25) is 0 Å². The molecule has 1 N–H and O–H groups in total. The van der Waals surface area contributed by atoms with Crippen molar-refractivity contribution < 1.29 is 17.9 Å². The maximum absolute atomic E-state index is 12.0. The average Bonchev–Trinajstić information content (AvgIpc) is 2.26. The zero-order valence-corrected chi connectivity index (χ0v) is 10.0. The summed E-state index contributed by atoms with van der Waals surface area (Å²) in [4.78, 5) is 0. The van der Waals surface area contributed by atoms with E-state index in [1.165, 1.54) is 12.1 Å². The highest BCUT2D eigenvalue weighted by molar-refractivity contribution is 5.30. The molecule has 1 aromatic carbocycles. The van der Waals surface area contributed by atoms with Gasteiger partial charge in [-0.05, 0) is 37.6 Å². The van der Waals surface area contributed by atoms with Crippen molar-refractivity contribution in [2.75, 3.05) is 7.05 Å². The first-order valence-electron chi connectivity index (χ1n) is 5.36. The number of rotatable bonds is 4. The molecular weight excluding hydrogens is 231 g/mol. The molecule has 0 bridgehead atoms. The largest absolute Gasteiger partial charge is 0.573 e. The summed E-state index contributed by atoms with van der Waals surface area (Å²) in [6.45, 7) is 4.03. The normalized spacial score (nSPS) is 15.4. The molecule has 2 nitrogen and oxygen atoms in total. The zero-order valence-electron chi connectivity index (χ0n) is 10.0. The molecule has 1 rings (SSSR count). The number of alkyl halides is 3. The van der Waals surface area contributed by atoms with Crippen molar-refractivity contribution in [3.05, 3.63) is 29.8 Å². The molecule has 2 unspecified atom stereocenters. The number of halogens is 3. The second-order valence-electron chi connectivity index (χ2n) is 3.98. The Kier molecular flexibility index (Phi) is 4.40. The molecule has 0 saturated carbocycles. The van der Waals surface area contributed by atoms with Gasteiger partial charge in [-0.1, -0.05) is 19.1 Å². The highest BCUT2D eigenvalue weighted by Gasteiger charge is 2.31. The van der Waals surface area contributed by atoms with Crippen molar-refractivity contribution in [1.29, 1.82) is 0 Å². The van der Waals surface area contributed by atoms with Crippen molar-refractivity contribution in [2.24, 2.45) is 0 Å². The third kappa shape index (κ3) is 4.26. The Bertz CT molecular complexity index is 348. The molecule has 1 aromatic rings. The molecule has 0 amide bonds. The fourth-order valence-corrected chi connectivity index (χ4v) is 1.51. The highest BCUT2D eigenvalue weighted by Crippen LogP contribution is 2.25. The van der Waals surface area contributed by atoms with Gasteiger partial charge in [0, 0.05) is 6.04 Å². The summed E-state index contributed by atoms with van der Waals surface area (Å²) < 4.78 is 39.7. The van der Waals surface area contributed by atoms with Crippen molar-refractivity contribution >= 4 is 0 Å². The van der Waals surface area contributed by atoms with E-state index in [4.69, 9.17) is 0 Å². The number of likely N-dealkylation sites (N-methyl/N-ethyl adjacent to an activating group) is 1. The number of hydrogen-bond donors (Lipinski definition) is 1. The second-order valence-corrected chi connectivity index (χ2v) is 3.98. The fourth-order valence-electron chi connectivity index (χ4n) is 1.51. The summed E-state index contributed by atoms with van der Waals surface area (Å²) in [6, 6.07) is 6.23. The molecule has 0 heterocycles. The third-order valence-corrected chi connectivity index (χ3v) is 2.84. The summed E-state index contributed by atoms with van der Waals surface area (Å²) in [6.07, 6.45) is -4.63. The molecule has 0 spiro atoms. The van der Waals surface area contributed by atoms with E-state index in [9.17, 15) is 13.2 Å². The van der Waals surface area contributed by atoms with Gasteiger partial charge in [0.2, 0.25) is 0 Å². The lowest BCUT2D eigenvalue weighted by Gasteiger charge is -2.20. The summed E-state index contributed by atoms with van der Waals surface area (Å²) in [7, 11) is 1.85. The summed E-state index contributed by atoms with van der Waals surface area (Å²) in [5.41, 5.74) is 0.973. The van der Waals surface area contributed by atoms with Crippen LogP contribution in [0.25, 0.3) is 0 Å². The van der Waals surface area contributed by atoms with E-state index in [0.717, 1.165) is 5.56 Å². The van der Waals surface area contributed by atoms with Crippen LogP contribution < -0.4 is 10.1 Å². The lowest BCUT2D eigenvalue weighted by Crippen LogP contribution is -2.27. The van der Waals surface area contributed by atoms with Crippen molar-refractivity contribution in [3.8, 4) is 5.75 Å². The molecule has 0 saturated heterocycles. The van der Waals surface area contributed by atoms with Gasteiger partial charge in [0.1, 0.15) is 5.75 Å². The molecule has 96 valence electrons. The van der Waals surface area contributed by atoms with Crippen LogP contribution in [0.3, 0.4) is 0 Å². The first-order valence-corrected chi connectivity index (χ1v) is 5.36. The van der Waals surface area contributed by atoms with Crippen LogP contribution in [0.5, 0.6) is 5.75 Å². The van der Waals surface area contributed by atoms with Crippen LogP contribution in [0.4, 0.5) is 13.2 Å². The van der Waals surface area contributed by atoms with E-state index >= 15 is 0 Å². The quantitative estimate of drug-likeness (QED) is 0.881. The third-order valence-electron chi connectivity index (χ3n) is 2.84. The van der Waals surface area contributed by atoms with E-state index in [-0.39, 0.29) is 17.7 Å². The molecule has 17 heavy (non-hydrogen) atoms. The Balaban J connectivity index is 2.74. The van der Waals surface area contributed by atoms with Crippen LogP contribution >= 0.6 is 0 Å². The first kappa shape index (κ1) is 13.8. The van der Waals surface area contributed by atoms with Gasteiger partial charge in [0.15, 0.2) is 0 Å². The Morgan fingerprint density at radius 2 is 1.65 bits per heavy atom. The van der Waals surface area contributed by atoms with E-state index in [1.807, 2.05) is 20.9 Å². The van der Waals surface area contributed by atoms with E-state index in [0.29, 0.717) is 0 Å². The Morgan fingerprint density at radius 1 is 1.12 bits per heavy atom. The molecule has 0 fully saturated rings. The SMILES string of the molecule is CNC(C)C(C)c1ccc(OC(F)(F)F)cc1. The second kappa shape index (κ2) is 5.40. The van der Waals surface area contributed by atoms with Crippen LogP contribution in [-0.4, -0.2) is 19.5 Å². The van der Waals surface area contributed by atoms with E-state index in [2.05, 4.69) is 10.1 Å². The van der Waals surface area contributed by atoms with Crippen LogP contribution in [0, 0.1) is 0 Å². The first-order chi connectivity index (χ1) is 7.83. The minimum Gasteiger partial charge on any atom is -0.406 e. The van der Waals surface area contributed by atoms with Crippen LogP contribution in [0.1, 0.15) is 25.3 Å². The number of hydrogen-bond acceptors (Lipinski definition) is 2. The van der Waals surface area contributed by atoms with Crippen LogP contribution in [0.15, 0.2) is 24.3 Å². The Labute approximate surface area is 98.8 Å². The molecule has 0 aliphatic carbocycles. The molecule has 0 radical (unpaired) electrons. The van der Waals surface area contributed by atoms with Crippen molar-refractivity contribution in [3.63, 3.8) is 0 Å². The van der Waals surface area contributed by atoms with Gasteiger partial charge in [-0.25, -0.2) is 0 Å². The molecule has 2 atom stereocenters. The van der Waals surface area contributed by atoms with Gasteiger partial charge < -0.3 is 10.1 Å². The average molecular weight is 247 g/mol. The molecule has 0 aliphatic rings. The van der Waals surface area contributed by atoms with Crippen LogP contribution in [-0.2, 0) is 0 Å². The van der Waals surface area contributed by atoms with Gasteiger partial charge in [-0.2, -0.15) is 0 Å². The standard InChI is InChI=1S/C12H16F3NO/c1-8(9(2)16-3)10-4-6-11(7-5-10)17-12(13,14)15/h4-9,16H,1-3H3. The van der Waals surface area contributed by atoms with E-state index in [1.54, 1.807) is 12.1 Å². The topological polar surface area (TPSA) is 21.3 Å². The lowest BCUT2D eigenvalue weighted by molar-refractivity contribution is -0.274. The Morgan fingerprint density at radius 3 is 2.06 bits per heavy atom. The number of benzene rings is 1. The molecular formula is C12H16F3NO. The van der Waals surface area contributed by atoms with Crippen molar-refractivity contribution in [1.82, 2.24) is 5.32 Å². The molecule has 0 aliphatic heterocycles. The maximum atomic E-state index is 12.0. The Hall–Kier alpha value is -1.23. The fraction of sp³-hybridized carbons (Fsp3) is 0.500. The zero-order chi connectivity index (χ0) is 13.1. The van der Waals surface area contributed by atoms with Gasteiger partial charge >= 0.3 is 6.36 Å². The minimum absolute atomic E-state index is 0.189. The van der Waals surface area contributed by atoms with Gasteiger partial charge in [-0.15, -0.1) is 13.2 Å². The van der Waals surface area contributed by atoms with Gasteiger partial charge in [0.05, 0.1) is 0 Å². The summed E-state index contributed by atoms with van der Waals surface area (Å²) in [5.74, 6) is 0.0329. The van der Waals surface area contributed by atoms with Crippen molar-refractivity contribution in [2.45, 2.75) is 32.2 Å². The molecule has 0 aromatic heterocycles. The predicted molar refractivity (Wildman–Crippen MR) is 60.1 cm³/mol. The smallest absolute Gasteiger partial charge is 0.406 e. The number of ether oxygens (including phenoxy) is 1. The number of nitrogens with one attached hydrogen (secondary N) is 1.